The van der Waals surface area contributed by atoms with Crippen LogP contribution in [-0.2, 0) is 17.9 Å². The van der Waals surface area contributed by atoms with Crippen molar-refractivity contribution in [2.75, 3.05) is 13.1 Å². The van der Waals surface area contributed by atoms with E-state index in [1.807, 2.05) is 6.07 Å². The maximum atomic E-state index is 11.9. The molecule has 1 N–H and O–H groups in total. The minimum atomic E-state index is 0.218. The van der Waals surface area contributed by atoms with Crippen LogP contribution in [-0.4, -0.2) is 23.9 Å². The Hall–Kier alpha value is -1.35. The summed E-state index contributed by atoms with van der Waals surface area (Å²) in [6.45, 7) is 10.2. The van der Waals surface area contributed by atoms with Gasteiger partial charge in [-0.15, -0.1) is 0 Å². The van der Waals surface area contributed by atoms with Gasteiger partial charge >= 0.3 is 0 Å². The van der Waals surface area contributed by atoms with Crippen LogP contribution in [0.5, 0.6) is 0 Å². The number of nitrogens with one attached hydrogen (secondary N) is 1. The number of hydrogen-bond donors (Lipinski definition) is 1. The summed E-state index contributed by atoms with van der Waals surface area (Å²) < 4.78 is 0. The smallest absolute Gasteiger partial charge is 0.223 e. The molecule has 3 heteroatoms. The standard InChI is InChI=1S/C17H26N2O/c1-4-19(5-2)12-15-9-7-6-8-14(15)11-18-17(20)16-10-13(16)3/h6-9,13,16H,4-5,10-12H2,1-3H3,(H,18,20)/t13-,16-/m0/s1. The van der Waals surface area contributed by atoms with Crippen LogP contribution in [0.25, 0.3) is 0 Å². The molecule has 0 aromatic heterocycles. The molecule has 1 saturated carbocycles. The third-order valence-electron chi connectivity index (χ3n) is 4.31. The molecule has 0 aliphatic heterocycles. The molecule has 0 bridgehead atoms. The van der Waals surface area contributed by atoms with E-state index in [1.165, 1.54) is 11.1 Å². The van der Waals surface area contributed by atoms with Crippen molar-refractivity contribution in [3.8, 4) is 0 Å². The summed E-state index contributed by atoms with van der Waals surface area (Å²) in [5.74, 6) is 1.04. The molecule has 0 radical (unpaired) electrons. The largest absolute Gasteiger partial charge is 0.352 e. The van der Waals surface area contributed by atoms with Gasteiger partial charge in [0.15, 0.2) is 0 Å². The van der Waals surface area contributed by atoms with Gasteiger partial charge in [-0.05, 0) is 36.6 Å². The molecular weight excluding hydrogens is 248 g/mol. The lowest BCUT2D eigenvalue weighted by Crippen LogP contribution is -2.27. The van der Waals surface area contributed by atoms with Gasteiger partial charge in [-0.1, -0.05) is 45.0 Å². The first-order chi connectivity index (χ1) is 9.65. The highest BCUT2D eigenvalue weighted by molar-refractivity contribution is 5.81. The summed E-state index contributed by atoms with van der Waals surface area (Å²) in [5.41, 5.74) is 2.56. The fourth-order valence-electron chi connectivity index (χ4n) is 2.57. The van der Waals surface area contributed by atoms with E-state index in [1.54, 1.807) is 0 Å². The molecule has 0 heterocycles. The van der Waals surface area contributed by atoms with Gasteiger partial charge in [-0.3, -0.25) is 9.69 Å². The zero-order valence-electron chi connectivity index (χ0n) is 12.9. The van der Waals surface area contributed by atoms with Crippen molar-refractivity contribution in [3.63, 3.8) is 0 Å². The molecular formula is C17H26N2O. The first-order valence-corrected chi connectivity index (χ1v) is 7.72. The van der Waals surface area contributed by atoms with E-state index < -0.39 is 0 Å². The van der Waals surface area contributed by atoms with Gasteiger partial charge in [-0.2, -0.15) is 0 Å². The van der Waals surface area contributed by atoms with Crippen LogP contribution in [0.4, 0.5) is 0 Å². The second-order valence-corrected chi connectivity index (χ2v) is 5.77. The summed E-state index contributed by atoms with van der Waals surface area (Å²) in [7, 11) is 0. The minimum absolute atomic E-state index is 0.218. The first kappa shape index (κ1) is 15.0. The predicted octanol–water partition coefficient (Wildman–Crippen LogP) is 2.80. The number of amides is 1. The Morgan fingerprint density at radius 3 is 2.40 bits per heavy atom. The van der Waals surface area contributed by atoms with Gasteiger partial charge in [-0.25, -0.2) is 0 Å². The van der Waals surface area contributed by atoms with Crippen molar-refractivity contribution >= 4 is 5.91 Å². The van der Waals surface area contributed by atoms with E-state index in [4.69, 9.17) is 0 Å². The van der Waals surface area contributed by atoms with Crippen LogP contribution in [0, 0.1) is 11.8 Å². The number of benzene rings is 1. The molecule has 0 saturated heterocycles. The molecule has 1 amide bonds. The van der Waals surface area contributed by atoms with Crippen LogP contribution in [0.2, 0.25) is 0 Å². The average molecular weight is 274 g/mol. The van der Waals surface area contributed by atoms with Crippen molar-refractivity contribution in [1.82, 2.24) is 10.2 Å². The van der Waals surface area contributed by atoms with Crippen LogP contribution in [0.3, 0.4) is 0 Å². The van der Waals surface area contributed by atoms with Gasteiger partial charge in [0.05, 0.1) is 0 Å². The zero-order chi connectivity index (χ0) is 14.5. The van der Waals surface area contributed by atoms with Crippen LogP contribution in [0.1, 0.15) is 38.3 Å². The quantitative estimate of drug-likeness (QED) is 0.829. The lowest BCUT2D eigenvalue weighted by molar-refractivity contribution is -0.122. The van der Waals surface area contributed by atoms with Gasteiger partial charge in [0.2, 0.25) is 5.91 Å². The molecule has 1 aromatic carbocycles. The Labute approximate surface area is 122 Å². The van der Waals surface area contributed by atoms with E-state index in [2.05, 4.69) is 49.2 Å². The Bertz CT molecular complexity index is 454. The van der Waals surface area contributed by atoms with Gasteiger partial charge in [0, 0.05) is 19.0 Å². The maximum Gasteiger partial charge on any atom is 0.223 e. The molecule has 0 spiro atoms. The number of carbonyl (C=O) groups is 1. The van der Waals surface area contributed by atoms with Crippen molar-refractivity contribution < 1.29 is 4.79 Å². The molecule has 1 aliphatic rings. The highest BCUT2D eigenvalue weighted by atomic mass is 16.2. The van der Waals surface area contributed by atoms with Gasteiger partial charge < -0.3 is 5.32 Å². The Morgan fingerprint density at radius 1 is 1.25 bits per heavy atom. The second kappa shape index (κ2) is 6.89. The molecule has 2 atom stereocenters. The fourth-order valence-corrected chi connectivity index (χ4v) is 2.57. The number of carbonyl (C=O) groups excluding carboxylic acids is 1. The lowest BCUT2D eigenvalue weighted by Gasteiger charge is -2.20. The lowest BCUT2D eigenvalue weighted by atomic mass is 10.1. The highest BCUT2D eigenvalue weighted by Crippen LogP contribution is 2.37. The Balaban J connectivity index is 1.95. The summed E-state index contributed by atoms with van der Waals surface area (Å²) in [5, 5.41) is 3.08. The van der Waals surface area contributed by atoms with Gasteiger partial charge in [0.1, 0.15) is 0 Å². The Kier molecular flexibility index (Phi) is 5.18. The van der Waals surface area contributed by atoms with Crippen LogP contribution in [0.15, 0.2) is 24.3 Å². The van der Waals surface area contributed by atoms with E-state index in [0.29, 0.717) is 12.5 Å². The monoisotopic (exact) mass is 274 g/mol. The van der Waals surface area contributed by atoms with Crippen molar-refractivity contribution in [3.05, 3.63) is 35.4 Å². The van der Waals surface area contributed by atoms with Crippen molar-refractivity contribution in [2.45, 2.75) is 40.3 Å². The van der Waals surface area contributed by atoms with Crippen LogP contribution >= 0.6 is 0 Å². The first-order valence-electron chi connectivity index (χ1n) is 7.72. The molecule has 1 fully saturated rings. The molecule has 110 valence electrons. The zero-order valence-corrected chi connectivity index (χ0v) is 12.9. The van der Waals surface area contributed by atoms with E-state index >= 15 is 0 Å². The normalized spacial score (nSPS) is 21.0. The predicted molar refractivity (Wildman–Crippen MR) is 82.2 cm³/mol. The molecule has 1 aromatic rings. The third-order valence-corrected chi connectivity index (χ3v) is 4.31. The summed E-state index contributed by atoms with van der Waals surface area (Å²) in [6.07, 6.45) is 1.05. The Morgan fingerprint density at radius 2 is 1.85 bits per heavy atom. The topological polar surface area (TPSA) is 32.3 Å². The maximum absolute atomic E-state index is 11.9. The van der Waals surface area contributed by atoms with Crippen LogP contribution < -0.4 is 5.32 Å². The highest BCUT2D eigenvalue weighted by Gasteiger charge is 2.38. The minimum Gasteiger partial charge on any atom is -0.352 e. The molecule has 0 unspecified atom stereocenters. The fraction of sp³-hybridized carbons (Fsp3) is 0.588. The SMILES string of the molecule is CCN(CC)Cc1ccccc1CNC(=O)[C@H]1C[C@@H]1C. The molecule has 20 heavy (non-hydrogen) atoms. The summed E-state index contributed by atoms with van der Waals surface area (Å²) in [6, 6.07) is 8.41. The number of rotatable bonds is 7. The second-order valence-electron chi connectivity index (χ2n) is 5.77. The summed E-state index contributed by atoms with van der Waals surface area (Å²) in [4.78, 5) is 14.3. The van der Waals surface area contributed by atoms with E-state index in [9.17, 15) is 4.79 Å². The van der Waals surface area contributed by atoms with E-state index in [0.717, 1.165) is 26.1 Å². The van der Waals surface area contributed by atoms with E-state index in [-0.39, 0.29) is 11.8 Å². The molecule has 2 rings (SSSR count). The number of nitrogens with zero attached hydrogens (tertiary/aromatic N) is 1. The summed E-state index contributed by atoms with van der Waals surface area (Å²) >= 11 is 0. The molecule has 1 aliphatic carbocycles. The van der Waals surface area contributed by atoms with Gasteiger partial charge in [0.25, 0.3) is 0 Å². The number of hydrogen-bond acceptors (Lipinski definition) is 2. The molecule has 3 nitrogen and oxygen atoms in total. The van der Waals surface area contributed by atoms with Crippen molar-refractivity contribution in [1.29, 1.82) is 0 Å². The third kappa shape index (κ3) is 3.83. The van der Waals surface area contributed by atoms with Crippen molar-refractivity contribution in [2.24, 2.45) is 11.8 Å². The average Bonchev–Trinajstić information content (AvgIpc) is 3.20.